The maximum absolute atomic E-state index is 13.7. The molecule has 0 spiro atoms. The smallest absolute Gasteiger partial charge is 0.508 e. The molecule has 0 saturated heterocycles. The second kappa shape index (κ2) is 21.4. The van der Waals surface area contributed by atoms with Gasteiger partial charge in [-0.25, -0.2) is 17.6 Å². The van der Waals surface area contributed by atoms with Gasteiger partial charge >= 0.3 is 48.1 Å². The zero-order chi connectivity index (χ0) is 29.5. The number of hydrogen-bond donors (Lipinski definition) is 12. The Morgan fingerprint density at radius 1 is 0.541 bits per heavy atom. The van der Waals surface area contributed by atoms with Gasteiger partial charge in [0, 0.05) is 0 Å². The van der Waals surface area contributed by atoms with E-state index in [0.717, 1.165) is 0 Å². The summed E-state index contributed by atoms with van der Waals surface area (Å²) in [6.07, 6.45) is -0.615. The van der Waals surface area contributed by atoms with Crippen molar-refractivity contribution >= 4 is 40.1 Å². The molecular formula is C13H19B4F6LiO13. The van der Waals surface area contributed by atoms with Crippen LogP contribution < -0.4 is 23.6 Å². The van der Waals surface area contributed by atoms with Gasteiger partial charge in [0.05, 0.1) is 23.5 Å². The molecule has 0 aliphatic rings. The molecule has 0 unspecified atom stereocenters. The molecule has 2 aromatic rings. The third kappa shape index (κ3) is 20.1. The zero-order valence-electron chi connectivity index (χ0n) is 18.9. The summed E-state index contributed by atoms with van der Waals surface area (Å²) < 4.78 is 85.1. The Balaban J connectivity index is -0.000000264. The van der Waals surface area contributed by atoms with Gasteiger partial charge in [-0.3, -0.25) is 8.78 Å². The summed E-state index contributed by atoms with van der Waals surface area (Å²) in [6, 6.07) is 1.89. The van der Waals surface area contributed by atoms with E-state index in [0.29, 0.717) is 0 Å². The van der Waals surface area contributed by atoms with E-state index < -0.39 is 86.8 Å². The van der Waals surface area contributed by atoms with Crippen LogP contribution in [0.25, 0.3) is 10.8 Å². The third-order valence-corrected chi connectivity index (χ3v) is 2.47. The quantitative estimate of drug-likeness (QED) is 0.0550. The summed E-state index contributed by atoms with van der Waals surface area (Å²) in [7, 11) is -8.67. The van der Waals surface area contributed by atoms with Crippen LogP contribution in [-0.2, 0) is 0 Å². The van der Waals surface area contributed by atoms with Crippen LogP contribution in [-0.4, -0.2) is 95.7 Å². The molecule has 0 aliphatic carbocycles. The SMILES string of the molecule is CC(C)Oc1[c-]c2c(F)c(F)c(F)c(F)c2c(F)c1F.OB(O)O.OB(O)O.OB(O)O.OB(O)O.[Li+]. The van der Waals surface area contributed by atoms with Crippen molar-refractivity contribution < 1.29 is 110 Å². The predicted molar refractivity (Wildman–Crippen MR) is 108 cm³/mol. The Kier molecular flexibility index (Phi) is 24.6. The molecule has 12 N–H and O–H groups in total. The summed E-state index contributed by atoms with van der Waals surface area (Å²) in [6.45, 7) is 2.94. The fraction of sp³-hybridized carbons (Fsp3) is 0.231. The van der Waals surface area contributed by atoms with E-state index in [1.54, 1.807) is 0 Å². The molecule has 0 amide bonds. The summed E-state index contributed by atoms with van der Waals surface area (Å²) in [4.78, 5) is 0. The van der Waals surface area contributed by atoms with Crippen LogP contribution in [0, 0.1) is 41.0 Å². The number of benzene rings is 2. The Morgan fingerprint density at radius 2 is 0.811 bits per heavy atom. The number of rotatable bonds is 2. The minimum atomic E-state index is -2.22. The molecule has 0 bridgehead atoms. The normalized spacial score (nSPS) is 9.11. The first-order valence-electron chi connectivity index (χ1n) is 8.58. The van der Waals surface area contributed by atoms with Gasteiger partial charge in [-0.05, 0) is 19.2 Å². The molecule has 204 valence electrons. The van der Waals surface area contributed by atoms with E-state index in [1.807, 2.05) is 6.07 Å². The number of fused-ring (bicyclic) bond motifs is 1. The van der Waals surface area contributed by atoms with Crippen molar-refractivity contribution in [1.82, 2.24) is 0 Å². The topological polar surface area (TPSA) is 252 Å². The van der Waals surface area contributed by atoms with Gasteiger partial charge in [-0.2, -0.15) is 0 Å². The van der Waals surface area contributed by atoms with Crippen molar-refractivity contribution in [3.8, 4) is 5.75 Å². The van der Waals surface area contributed by atoms with E-state index in [-0.39, 0.29) is 18.9 Å². The van der Waals surface area contributed by atoms with Gasteiger partial charge in [0.25, 0.3) is 0 Å². The Labute approximate surface area is 217 Å². The largest absolute Gasteiger partial charge is 1.00 e. The summed E-state index contributed by atoms with van der Waals surface area (Å²) in [5, 5.41) is 83.6. The first-order chi connectivity index (χ1) is 16.2. The van der Waals surface area contributed by atoms with E-state index in [9.17, 15) is 26.3 Å². The molecule has 37 heavy (non-hydrogen) atoms. The molecule has 0 aromatic heterocycles. The number of halogens is 6. The average Bonchev–Trinajstić information content (AvgIpc) is 2.66. The van der Waals surface area contributed by atoms with Crippen molar-refractivity contribution in [1.29, 1.82) is 0 Å². The predicted octanol–water partition coefficient (Wildman–Crippen LogP) is -6.94. The average molecular weight is 547 g/mol. The van der Waals surface area contributed by atoms with Crippen molar-refractivity contribution in [3.63, 3.8) is 0 Å². The van der Waals surface area contributed by atoms with E-state index in [1.165, 1.54) is 13.8 Å². The molecule has 0 aliphatic heterocycles. The second-order valence-electron chi connectivity index (χ2n) is 5.64. The zero-order valence-corrected chi connectivity index (χ0v) is 18.9. The third-order valence-electron chi connectivity index (χ3n) is 2.47. The van der Waals surface area contributed by atoms with E-state index in [4.69, 9.17) is 65.0 Å². The van der Waals surface area contributed by atoms with Gasteiger partial charge in [0.2, 0.25) is 0 Å². The molecule has 0 atom stereocenters. The van der Waals surface area contributed by atoms with E-state index in [2.05, 4.69) is 0 Å². The molecule has 0 radical (unpaired) electrons. The molecule has 0 heterocycles. The molecule has 24 heteroatoms. The molecule has 2 rings (SSSR count). The first-order valence-corrected chi connectivity index (χ1v) is 8.58. The van der Waals surface area contributed by atoms with Crippen LogP contribution in [0.15, 0.2) is 0 Å². The fourth-order valence-electron chi connectivity index (χ4n) is 1.65. The van der Waals surface area contributed by atoms with Crippen LogP contribution in [0.1, 0.15) is 13.8 Å². The van der Waals surface area contributed by atoms with Crippen molar-refractivity contribution in [3.05, 3.63) is 41.0 Å². The maximum Gasteiger partial charge on any atom is 1.00 e. The van der Waals surface area contributed by atoms with Crippen LogP contribution in [0.5, 0.6) is 5.75 Å². The van der Waals surface area contributed by atoms with Gasteiger partial charge in [-0.1, -0.05) is 11.5 Å². The van der Waals surface area contributed by atoms with Gasteiger partial charge in [0.15, 0.2) is 11.6 Å². The van der Waals surface area contributed by atoms with Crippen molar-refractivity contribution in [2.24, 2.45) is 0 Å². The Bertz CT molecular complexity index is 883. The molecule has 13 nitrogen and oxygen atoms in total. The van der Waals surface area contributed by atoms with Crippen molar-refractivity contribution in [2.75, 3.05) is 0 Å². The van der Waals surface area contributed by atoms with Crippen LogP contribution >= 0.6 is 0 Å². The fourth-order valence-corrected chi connectivity index (χ4v) is 1.65. The van der Waals surface area contributed by atoms with E-state index >= 15 is 0 Å². The van der Waals surface area contributed by atoms with Crippen LogP contribution in [0.2, 0.25) is 0 Å². The maximum atomic E-state index is 13.7. The molecule has 0 fully saturated rings. The summed E-state index contributed by atoms with van der Waals surface area (Å²) in [5.41, 5.74) is 0. The molecule has 2 aromatic carbocycles. The number of hydrogen-bond acceptors (Lipinski definition) is 13. The van der Waals surface area contributed by atoms with Crippen molar-refractivity contribution in [2.45, 2.75) is 20.0 Å². The number of ether oxygens (including phenoxy) is 1. The first kappa shape index (κ1) is 42.5. The second-order valence-corrected chi connectivity index (χ2v) is 5.64. The van der Waals surface area contributed by atoms with Gasteiger partial charge in [0.1, 0.15) is 11.6 Å². The molecular weight excluding hydrogens is 528 g/mol. The monoisotopic (exact) mass is 548 g/mol. The minimum Gasteiger partial charge on any atom is -0.508 e. The van der Waals surface area contributed by atoms with Crippen LogP contribution in [0.4, 0.5) is 26.3 Å². The standard InChI is InChI=1S/C13H7F6O.4BH3O3.Li/c1-4(2)20-6-3-5-7(10(16)9(6)15)11(17)13(19)12(18)8(5)14;4*2-1(3)4;/h4H,1-2H3;4*2-4H;/q-1;;;;;+1. The van der Waals surface area contributed by atoms with Crippen LogP contribution in [0.3, 0.4) is 0 Å². The van der Waals surface area contributed by atoms with Gasteiger partial charge < -0.3 is 65.0 Å². The summed E-state index contributed by atoms with van der Waals surface area (Å²) in [5.74, 6) is -12.6. The molecule has 0 saturated carbocycles. The summed E-state index contributed by atoms with van der Waals surface area (Å²) >= 11 is 0. The Morgan fingerprint density at radius 3 is 1.11 bits per heavy atom. The van der Waals surface area contributed by atoms with Gasteiger partial charge in [-0.15, -0.1) is 0 Å². The Hall–Kier alpha value is -1.54. The minimum absolute atomic E-state index is 0.